The summed E-state index contributed by atoms with van der Waals surface area (Å²) in [5.74, 6) is -1.52. The number of carbonyl (C=O) groups excluding carboxylic acids is 2. The number of carboxylic acid groups (broad SMARTS) is 1. The Morgan fingerprint density at radius 2 is 1.00 bits per heavy atom. The molecule has 0 bridgehead atoms. The highest BCUT2D eigenvalue weighted by Crippen LogP contribution is 2.13. The summed E-state index contributed by atoms with van der Waals surface area (Å²) in [5.41, 5.74) is 0. The van der Waals surface area contributed by atoms with Gasteiger partial charge in [-0.15, -0.1) is 0 Å². The first-order chi connectivity index (χ1) is 24.6. The lowest BCUT2D eigenvalue weighted by atomic mass is 10.1. The highest BCUT2D eigenvalue weighted by Gasteiger charge is 2.31. The Morgan fingerprint density at radius 3 is 1.49 bits per heavy atom. The minimum Gasteiger partial charge on any atom is -0.477 e. The van der Waals surface area contributed by atoms with Crippen LogP contribution >= 0.6 is 0 Å². The fourth-order valence-corrected chi connectivity index (χ4v) is 6.03. The van der Waals surface area contributed by atoms with E-state index in [4.69, 9.17) is 14.2 Å². The maximum Gasteiger partial charge on any atom is 0.362 e. The third kappa shape index (κ3) is 33.4. The van der Waals surface area contributed by atoms with Crippen LogP contribution in [0, 0.1) is 0 Å². The highest BCUT2D eigenvalue weighted by atomic mass is 16.6. The van der Waals surface area contributed by atoms with Gasteiger partial charge >= 0.3 is 17.9 Å². The largest absolute Gasteiger partial charge is 0.477 e. The van der Waals surface area contributed by atoms with E-state index in [0.717, 1.165) is 44.9 Å². The van der Waals surface area contributed by atoms with Crippen molar-refractivity contribution < 1.29 is 38.2 Å². The molecule has 0 aromatic heterocycles. The zero-order chi connectivity index (χ0) is 37.8. The first-order valence-corrected chi connectivity index (χ1v) is 20.9. The summed E-state index contributed by atoms with van der Waals surface area (Å²) in [4.78, 5) is 36.8. The average Bonchev–Trinajstić information content (AvgIpc) is 3.08. The summed E-state index contributed by atoms with van der Waals surface area (Å²) in [7, 11) is 5.51. The van der Waals surface area contributed by atoms with Crippen molar-refractivity contribution >= 4 is 17.9 Å². The van der Waals surface area contributed by atoms with Crippen LogP contribution in [0.1, 0.15) is 181 Å². The van der Waals surface area contributed by atoms with E-state index in [2.05, 4.69) is 38.2 Å². The van der Waals surface area contributed by atoms with Crippen molar-refractivity contribution in [1.82, 2.24) is 0 Å². The lowest BCUT2D eigenvalue weighted by Gasteiger charge is -2.31. The van der Waals surface area contributed by atoms with Crippen molar-refractivity contribution in [2.24, 2.45) is 0 Å². The molecule has 2 atom stereocenters. The molecule has 0 radical (unpaired) electrons. The molecule has 0 aromatic carbocycles. The Labute approximate surface area is 313 Å². The molecule has 0 saturated carbocycles. The standard InChI is InChI=1S/C43H79NO7/c1-6-8-10-12-14-16-17-18-19-20-21-22-23-24-26-28-30-32-34-42(46)51-39(37-49-36-35-40(43(47)48)44(3,4)5)38-50-41(45)33-31-29-27-25-15-13-11-9-7-2/h21-22,25,27,39-40H,6-20,23-24,26,28-38H2,1-5H3/p+1/b22-21+,27-25+. The van der Waals surface area contributed by atoms with Gasteiger partial charge in [0.25, 0.3) is 0 Å². The molecular formula is C43H80NO7+. The van der Waals surface area contributed by atoms with Gasteiger partial charge in [-0.05, 0) is 57.8 Å². The number of nitrogens with zero attached hydrogens (tertiary/aromatic N) is 1. The normalized spacial score (nSPS) is 13.2. The molecule has 0 aliphatic rings. The molecule has 0 fully saturated rings. The Kier molecular flexibility index (Phi) is 33.4. The van der Waals surface area contributed by atoms with E-state index in [1.165, 1.54) is 96.3 Å². The molecule has 0 spiro atoms. The summed E-state index contributed by atoms with van der Waals surface area (Å²) < 4.78 is 17.2. The van der Waals surface area contributed by atoms with Gasteiger partial charge < -0.3 is 23.8 Å². The van der Waals surface area contributed by atoms with Crippen molar-refractivity contribution in [2.75, 3.05) is 41.0 Å². The summed E-state index contributed by atoms with van der Waals surface area (Å²) >= 11 is 0. The number of likely N-dealkylation sites (N-methyl/N-ethyl adjacent to an activating group) is 1. The topological polar surface area (TPSA) is 99.1 Å². The zero-order valence-electron chi connectivity index (χ0n) is 33.8. The van der Waals surface area contributed by atoms with Crippen LogP contribution in [0.5, 0.6) is 0 Å². The van der Waals surface area contributed by atoms with E-state index in [1.54, 1.807) is 0 Å². The monoisotopic (exact) mass is 723 g/mol. The van der Waals surface area contributed by atoms with Crippen LogP contribution in [-0.2, 0) is 28.6 Å². The van der Waals surface area contributed by atoms with Crippen molar-refractivity contribution in [3.05, 3.63) is 24.3 Å². The first-order valence-electron chi connectivity index (χ1n) is 20.9. The van der Waals surface area contributed by atoms with Crippen molar-refractivity contribution in [3.63, 3.8) is 0 Å². The van der Waals surface area contributed by atoms with Crippen molar-refractivity contribution in [2.45, 2.75) is 193 Å². The van der Waals surface area contributed by atoms with Crippen LogP contribution in [0.2, 0.25) is 0 Å². The lowest BCUT2D eigenvalue weighted by Crippen LogP contribution is -2.50. The van der Waals surface area contributed by atoms with E-state index >= 15 is 0 Å². The number of carboxylic acids is 1. The van der Waals surface area contributed by atoms with Gasteiger partial charge in [-0.2, -0.15) is 0 Å². The second-order valence-corrected chi connectivity index (χ2v) is 15.2. The molecule has 51 heavy (non-hydrogen) atoms. The number of unbranched alkanes of at least 4 members (excludes halogenated alkanes) is 19. The maximum absolute atomic E-state index is 12.7. The number of allylic oxidation sites excluding steroid dienone is 4. The fraction of sp³-hybridized carbons (Fsp3) is 0.837. The number of quaternary nitrogens is 1. The van der Waals surface area contributed by atoms with Crippen LogP contribution in [0.15, 0.2) is 24.3 Å². The van der Waals surface area contributed by atoms with Gasteiger partial charge in [0.1, 0.15) is 6.61 Å². The molecule has 8 nitrogen and oxygen atoms in total. The molecule has 0 saturated heterocycles. The maximum atomic E-state index is 12.7. The lowest BCUT2D eigenvalue weighted by molar-refractivity contribution is -0.887. The number of hydrogen-bond donors (Lipinski definition) is 1. The summed E-state index contributed by atoms with van der Waals surface area (Å²) in [6.07, 6.45) is 36.6. The third-order valence-electron chi connectivity index (χ3n) is 9.32. The third-order valence-corrected chi connectivity index (χ3v) is 9.32. The number of esters is 2. The summed E-state index contributed by atoms with van der Waals surface area (Å²) in [6.45, 7) is 4.66. The van der Waals surface area contributed by atoms with Crippen LogP contribution in [0.3, 0.4) is 0 Å². The number of aliphatic carboxylic acids is 1. The van der Waals surface area contributed by atoms with Gasteiger partial charge in [0.05, 0.1) is 34.4 Å². The van der Waals surface area contributed by atoms with Crippen LogP contribution in [0.25, 0.3) is 0 Å². The molecule has 1 N–H and O–H groups in total. The second-order valence-electron chi connectivity index (χ2n) is 15.2. The van der Waals surface area contributed by atoms with Crippen LogP contribution in [-0.4, -0.2) is 80.6 Å². The SMILES string of the molecule is CCCCCC/C=C/CCCC(=O)OCC(COCCC(C(=O)O)[N+](C)(C)C)OC(=O)CCCCCCC/C=C/CCCCCCCCCCC. The van der Waals surface area contributed by atoms with Crippen LogP contribution in [0.4, 0.5) is 0 Å². The minimum atomic E-state index is -0.879. The molecule has 8 heteroatoms. The van der Waals surface area contributed by atoms with Gasteiger partial charge in [0, 0.05) is 19.3 Å². The number of hydrogen-bond acceptors (Lipinski definition) is 6. The Bertz CT molecular complexity index is 895. The first kappa shape index (κ1) is 48.8. The smallest absolute Gasteiger partial charge is 0.362 e. The Hall–Kier alpha value is -2.19. The van der Waals surface area contributed by atoms with Crippen molar-refractivity contribution in [1.29, 1.82) is 0 Å². The van der Waals surface area contributed by atoms with E-state index in [0.29, 0.717) is 25.7 Å². The average molecular weight is 723 g/mol. The quantitative estimate of drug-likeness (QED) is 0.0295. The number of ether oxygens (including phenoxy) is 3. The van der Waals surface area contributed by atoms with E-state index in [-0.39, 0.29) is 36.2 Å². The Morgan fingerprint density at radius 1 is 0.569 bits per heavy atom. The van der Waals surface area contributed by atoms with E-state index < -0.39 is 18.1 Å². The molecular weight excluding hydrogens is 642 g/mol. The van der Waals surface area contributed by atoms with Gasteiger partial charge in [-0.25, -0.2) is 4.79 Å². The second kappa shape index (κ2) is 34.9. The highest BCUT2D eigenvalue weighted by molar-refractivity contribution is 5.72. The van der Waals surface area contributed by atoms with Crippen molar-refractivity contribution in [3.8, 4) is 0 Å². The molecule has 0 aliphatic carbocycles. The molecule has 0 rings (SSSR count). The van der Waals surface area contributed by atoms with Gasteiger partial charge in [-0.1, -0.05) is 128 Å². The summed E-state index contributed by atoms with van der Waals surface area (Å²) in [5, 5.41) is 9.59. The predicted octanol–water partition coefficient (Wildman–Crippen LogP) is 10.9. The van der Waals surface area contributed by atoms with Crippen LogP contribution < -0.4 is 0 Å². The molecule has 0 aliphatic heterocycles. The van der Waals surface area contributed by atoms with Gasteiger partial charge in [-0.3, -0.25) is 9.59 Å². The van der Waals surface area contributed by atoms with Gasteiger partial charge in [0.2, 0.25) is 0 Å². The minimum absolute atomic E-state index is 0.0515. The number of rotatable bonds is 37. The molecule has 2 unspecified atom stereocenters. The van der Waals surface area contributed by atoms with E-state index in [9.17, 15) is 19.5 Å². The molecule has 0 aromatic rings. The molecule has 0 amide bonds. The van der Waals surface area contributed by atoms with Gasteiger partial charge in [0.15, 0.2) is 12.1 Å². The molecule has 0 heterocycles. The molecule has 298 valence electrons. The predicted molar refractivity (Wildman–Crippen MR) is 211 cm³/mol. The Balaban J connectivity index is 4.34. The fourth-order valence-electron chi connectivity index (χ4n) is 6.03. The summed E-state index contributed by atoms with van der Waals surface area (Å²) in [6, 6.07) is -0.616. The number of carbonyl (C=O) groups is 3. The van der Waals surface area contributed by atoms with E-state index in [1.807, 2.05) is 21.1 Å². The zero-order valence-corrected chi connectivity index (χ0v) is 33.8.